The topological polar surface area (TPSA) is 32.7 Å². The van der Waals surface area contributed by atoms with Gasteiger partial charge in [0.25, 0.3) is 0 Å². The predicted molar refractivity (Wildman–Crippen MR) is 103 cm³/mol. The van der Waals surface area contributed by atoms with Crippen LogP contribution in [-0.4, -0.2) is 42.8 Å². The zero-order chi connectivity index (χ0) is 20.4. The SMILES string of the molecule is CN(C)C(=O)C(CC1(C(F)(F)F)CC1)N=C(c1ccccc1)c1ccccc1. The third kappa shape index (κ3) is 4.26. The van der Waals surface area contributed by atoms with E-state index in [2.05, 4.69) is 4.99 Å². The Balaban J connectivity index is 2.06. The van der Waals surface area contributed by atoms with Gasteiger partial charge in [-0.05, 0) is 19.3 Å². The fourth-order valence-electron chi connectivity index (χ4n) is 3.27. The van der Waals surface area contributed by atoms with Gasteiger partial charge in [-0.25, -0.2) is 0 Å². The van der Waals surface area contributed by atoms with Crippen molar-refractivity contribution in [1.29, 1.82) is 0 Å². The van der Waals surface area contributed by atoms with E-state index >= 15 is 0 Å². The Morgan fingerprint density at radius 2 is 1.46 bits per heavy atom. The van der Waals surface area contributed by atoms with Crippen LogP contribution in [0, 0.1) is 5.41 Å². The van der Waals surface area contributed by atoms with Gasteiger partial charge in [0.15, 0.2) is 0 Å². The molecule has 3 rings (SSSR count). The molecule has 1 fully saturated rings. The van der Waals surface area contributed by atoms with Gasteiger partial charge < -0.3 is 4.90 Å². The smallest absolute Gasteiger partial charge is 0.347 e. The van der Waals surface area contributed by atoms with Gasteiger partial charge in [-0.15, -0.1) is 0 Å². The summed E-state index contributed by atoms with van der Waals surface area (Å²) in [5, 5.41) is 0. The molecule has 1 unspecified atom stereocenters. The molecule has 2 aromatic rings. The van der Waals surface area contributed by atoms with Gasteiger partial charge in [0.2, 0.25) is 5.91 Å². The molecule has 0 aliphatic heterocycles. The highest BCUT2D eigenvalue weighted by Crippen LogP contribution is 2.60. The van der Waals surface area contributed by atoms with E-state index in [9.17, 15) is 18.0 Å². The number of benzene rings is 2. The molecule has 1 atom stereocenters. The van der Waals surface area contributed by atoms with E-state index in [-0.39, 0.29) is 19.3 Å². The molecule has 2 aromatic carbocycles. The Bertz CT molecular complexity index is 800. The second kappa shape index (κ2) is 7.78. The van der Waals surface area contributed by atoms with Crippen molar-refractivity contribution >= 4 is 11.6 Å². The number of carbonyl (C=O) groups excluding carboxylic acids is 1. The molecule has 0 aromatic heterocycles. The van der Waals surface area contributed by atoms with E-state index < -0.39 is 23.5 Å². The molecule has 148 valence electrons. The maximum atomic E-state index is 13.5. The first kappa shape index (κ1) is 20.1. The molecule has 0 heterocycles. The number of alkyl halides is 3. The minimum absolute atomic E-state index is 0.0508. The standard InChI is InChI=1S/C22H23F3N2O/c1-27(2)20(28)18(15-21(13-14-21)22(23,24)25)26-19(16-9-5-3-6-10-16)17-11-7-4-8-12-17/h3-12,18H,13-15H2,1-2H3. The highest BCUT2D eigenvalue weighted by Gasteiger charge is 2.64. The van der Waals surface area contributed by atoms with E-state index in [0.717, 1.165) is 11.1 Å². The van der Waals surface area contributed by atoms with E-state index in [1.807, 2.05) is 60.7 Å². The number of hydrogen-bond donors (Lipinski definition) is 0. The van der Waals surface area contributed by atoms with E-state index in [1.165, 1.54) is 4.90 Å². The summed E-state index contributed by atoms with van der Waals surface area (Å²) in [6.45, 7) is 0. The van der Waals surface area contributed by atoms with Crippen molar-refractivity contribution in [1.82, 2.24) is 4.90 Å². The first-order valence-corrected chi connectivity index (χ1v) is 9.20. The molecule has 3 nitrogen and oxygen atoms in total. The maximum absolute atomic E-state index is 13.5. The second-order valence-electron chi connectivity index (χ2n) is 7.44. The lowest BCUT2D eigenvalue weighted by Gasteiger charge is -2.25. The van der Waals surface area contributed by atoms with Gasteiger partial charge in [-0.2, -0.15) is 13.2 Å². The van der Waals surface area contributed by atoms with Gasteiger partial charge in [0, 0.05) is 25.2 Å². The first-order chi connectivity index (χ1) is 13.2. The summed E-state index contributed by atoms with van der Waals surface area (Å²) in [5.41, 5.74) is 0.259. The summed E-state index contributed by atoms with van der Waals surface area (Å²) >= 11 is 0. The van der Waals surface area contributed by atoms with Gasteiger partial charge in [-0.3, -0.25) is 9.79 Å². The maximum Gasteiger partial charge on any atom is 0.394 e. The normalized spacial score (nSPS) is 16.2. The molecule has 0 radical (unpaired) electrons. The molecular formula is C22H23F3N2O. The summed E-state index contributed by atoms with van der Waals surface area (Å²) in [7, 11) is 3.09. The third-order valence-electron chi connectivity index (χ3n) is 5.14. The van der Waals surface area contributed by atoms with Crippen molar-refractivity contribution in [3.8, 4) is 0 Å². The van der Waals surface area contributed by atoms with Crippen LogP contribution < -0.4 is 0 Å². The number of amides is 1. The van der Waals surface area contributed by atoms with Crippen molar-refractivity contribution in [3.05, 3.63) is 71.8 Å². The van der Waals surface area contributed by atoms with Crippen LogP contribution in [0.15, 0.2) is 65.7 Å². The molecule has 0 saturated heterocycles. The van der Waals surface area contributed by atoms with Gasteiger partial charge in [0.1, 0.15) is 6.04 Å². The zero-order valence-corrected chi connectivity index (χ0v) is 15.9. The lowest BCUT2D eigenvalue weighted by molar-refractivity contribution is -0.190. The molecular weight excluding hydrogens is 365 g/mol. The molecule has 0 spiro atoms. The summed E-state index contributed by atoms with van der Waals surface area (Å²) in [6, 6.07) is 17.4. The predicted octanol–water partition coefficient (Wildman–Crippen LogP) is 4.71. The van der Waals surface area contributed by atoms with Crippen molar-refractivity contribution in [3.63, 3.8) is 0 Å². The number of halogens is 3. The van der Waals surface area contributed by atoms with Gasteiger partial charge in [-0.1, -0.05) is 60.7 Å². The Morgan fingerprint density at radius 1 is 1.00 bits per heavy atom. The summed E-state index contributed by atoms with van der Waals surface area (Å²) in [4.78, 5) is 18.6. The first-order valence-electron chi connectivity index (χ1n) is 9.20. The van der Waals surface area contributed by atoms with E-state index in [4.69, 9.17) is 0 Å². The fraction of sp³-hybridized carbons (Fsp3) is 0.364. The number of nitrogens with zero attached hydrogens (tertiary/aromatic N) is 2. The van der Waals surface area contributed by atoms with Crippen LogP contribution in [0.4, 0.5) is 13.2 Å². The highest BCUT2D eigenvalue weighted by atomic mass is 19.4. The van der Waals surface area contributed by atoms with Crippen molar-refractivity contribution in [2.24, 2.45) is 10.4 Å². The Hall–Kier alpha value is -2.63. The quantitative estimate of drug-likeness (QED) is 0.660. The summed E-state index contributed by atoms with van der Waals surface area (Å²) in [6.07, 6.45) is -4.55. The summed E-state index contributed by atoms with van der Waals surface area (Å²) in [5.74, 6) is -0.417. The number of hydrogen-bond acceptors (Lipinski definition) is 2. The average molecular weight is 388 g/mol. The molecule has 6 heteroatoms. The van der Waals surface area contributed by atoms with Gasteiger partial charge >= 0.3 is 6.18 Å². The largest absolute Gasteiger partial charge is 0.394 e. The van der Waals surface area contributed by atoms with E-state index in [0.29, 0.717) is 5.71 Å². The van der Waals surface area contributed by atoms with Crippen molar-refractivity contribution < 1.29 is 18.0 Å². The Labute approximate surface area is 162 Å². The number of carbonyl (C=O) groups is 1. The lowest BCUT2D eigenvalue weighted by Crippen LogP contribution is -2.38. The number of rotatable bonds is 6. The monoisotopic (exact) mass is 388 g/mol. The molecule has 1 aliphatic rings. The molecule has 1 aliphatic carbocycles. The van der Waals surface area contributed by atoms with E-state index in [1.54, 1.807) is 14.1 Å². The highest BCUT2D eigenvalue weighted by molar-refractivity contribution is 6.13. The Morgan fingerprint density at radius 3 is 1.82 bits per heavy atom. The lowest BCUT2D eigenvalue weighted by atomic mass is 9.94. The van der Waals surface area contributed by atoms with Crippen LogP contribution in [0.1, 0.15) is 30.4 Å². The average Bonchev–Trinajstić information content (AvgIpc) is 3.47. The number of likely N-dealkylation sites (N-methyl/N-ethyl adjacent to an activating group) is 1. The van der Waals surface area contributed by atoms with Crippen LogP contribution in [0.5, 0.6) is 0 Å². The summed E-state index contributed by atoms with van der Waals surface area (Å²) < 4.78 is 40.6. The van der Waals surface area contributed by atoms with Crippen LogP contribution in [0.3, 0.4) is 0 Å². The molecule has 1 amide bonds. The third-order valence-corrected chi connectivity index (χ3v) is 5.14. The molecule has 28 heavy (non-hydrogen) atoms. The number of aliphatic imine (C=N–C) groups is 1. The van der Waals surface area contributed by atoms with Gasteiger partial charge in [0.05, 0.1) is 11.1 Å². The van der Waals surface area contributed by atoms with Crippen LogP contribution in [-0.2, 0) is 4.79 Å². The van der Waals surface area contributed by atoms with Crippen LogP contribution in [0.25, 0.3) is 0 Å². The molecule has 0 N–H and O–H groups in total. The molecule has 0 bridgehead atoms. The van der Waals surface area contributed by atoms with Crippen molar-refractivity contribution in [2.45, 2.75) is 31.5 Å². The minimum atomic E-state index is -4.33. The van der Waals surface area contributed by atoms with Crippen LogP contribution in [0.2, 0.25) is 0 Å². The Kier molecular flexibility index (Phi) is 5.59. The van der Waals surface area contributed by atoms with Crippen molar-refractivity contribution in [2.75, 3.05) is 14.1 Å². The zero-order valence-electron chi connectivity index (χ0n) is 15.9. The second-order valence-corrected chi connectivity index (χ2v) is 7.44. The molecule has 1 saturated carbocycles. The minimum Gasteiger partial charge on any atom is -0.347 e. The fourth-order valence-corrected chi connectivity index (χ4v) is 3.27. The van der Waals surface area contributed by atoms with Crippen LogP contribution >= 0.6 is 0 Å².